The van der Waals surface area contributed by atoms with Crippen molar-refractivity contribution in [1.29, 1.82) is 0 Å². The van der Waals surface area contributed by atoms with Crippen molar-refractivity contribution in [3.05, 3.63) is 64.1 Å². The fourth-order valence-corrected chi connectivity index (χ4v) is 3.91. The summed E-state index contributed by atoms with van der Waals surface area (Å²) in [6.45, 7) is 5.00. The quantitative estimate of drug-likeness (QED) is 0.781. The van der Waals surface area contributed by atoms with Gasteiger partial charge in [0.1, 0.15) is 0 Å². The second kappa shape index (κ2) is 6.55. The Hall–Kier alpha value is -1.50. The molecule has 0 heterocycles. The average Bonchev–Trinajstić information content (AvgIpc) is 2.46. The molecule has 4 nitrogen and oxygen atoms in total. The highest BCUT2D eigenvalue weighted by Crippen LogP contribution is 2.25. The summed E-state index contributed by atoms with van der Waals surface area (Å²) >= 11 is 3.36. The number of rotatable bonds is 5. The third-order valence-corrected chi connectivity index (χ3v) is 5.69. The molecule has 2 aromatic rings. The lowest BCUT2D eigenvalue weighted by Gasteiger charge is -2.26. The number of halogens is 1. The van der Waals surface area contributed by atoms with Crippen LogP contribution in [0.5, 0.6) is 0 Å². The first-order chi connectivity index (χ1) is 10.6. The SMILES string of the molecule is CC(=O)c1cccc(S(=O)(=O)NC(C)(C)c2ccc(Br)cc2)c1. The molecule has 122 valence electrons. The normalized spacial score (nSPS) is 12.2. The first kappa shape index (κ1) is 17.8. The summed E-state index contributed by atoms with van der Waals surface area (Å²) in [5.74, 6) is -0.172. The highest BCUT2D eigenvalue weighted by atomic mass is 79.9. The van der Waals surface area contributed by atoms with Gasteiger partial charge in [-0.2, -0.15) is 0 Å². The molecule has 0 aliphatic rings. The average molecular weight is 396 g/mol. The van der Waals surface area contributed by atoms with E-state index in [1.165, 1.54) is 19.1 Å². The van der Waals surface area contributed by atoms with Gasteiger partial charge in [-0.1, -0.05) is 40.2 Å². The monoisotopic (exact) mass is 395 g/mol. The summed E-state index contributed by atoms with van der Waals surface area (Å²) in [5, 5.41) is 0. The van der Waals surface area contributed by atoms with Gasteiger partial charge >= 0.3 is 0 Å². The van der Waals surface area contributed by atoms with E-state index < -0.39 is 15.6 Å². The molecule has 6 heteroatoms. The second-order valence-corrected chi connectivity index (χ2v) is 8.42. The Morgan fingerprint density at radius 2 is 1.70 bits per heavy atom. The molecule has 0 radical (unpaired) electrons. The maximum Gasteiger partial charge on any atom is 0.241 e. The summed E-state index contributed by atoms with van der Waals surface area (Å²) in [7, 11) is -3.75. The van der Waals surface area contributed by atoms with Crippen molar-refractivity contribution in [3.8, 4) is 0 Å². The molecule has 1 N–H and O–H groups in total. The van der Waals surface area contributed by atoms with E-state index in [1.807, 2.05) is 24.3 Å². The summed E-state index contributed by atoms with van der Waals surface area (Å²) in [4.78, 5) is 11.5. The van der Waals surface area contributed by atoms with Gasteiger partial charge in [-0.25, -0.2) is 13.1 Å². The number of hydrogen-bond acceptors (Lipinski definition) is 3. The summed E-state index contributed by atoms with van der Waals surface area (Å²) in [6.07, 6.45) is 0. The smallest absolute Gasteiger partial charge is 0.241 e. The number of Topliss-reactive ketones (excluding diaryl/α,β-unsaturated/α-hetero) is 1. The van der Waals surface area contributed by atoms with Gasteiger partial charge in [0.05, 0.1) is 10.4 Å². The van der Waals surface area contributed by atoms with Gasteiger partial charge in [-0.15, -0.1) is 0 Å². The van der Waals surface area contributed by atoms with E-state index in [0.29, 0.717) is 5.56 Å². The standard InChI is InChI=1S/C17H18BrNO3S/c1-12(20)13-5-4-6-16(11-13)23(21,22)19-17(2,3)14-7-9-15(18)10-8-14/h4-11,19H,1-3H3. The predicted octanol–water partition coefficient (Wildman–Crippen LogP) is 3.87. The van der Waals surface area contributed by atoms with Crippen LogP contribution in [0.1, 0.15) is 36.7 Å². The number of sulfonamides is 1. The third kappa shape index (κ3) is 4.28. The van der Waals surface area contributed by atoms with Crippen LogP contribution in [-0.4, -0.2) is 14.2 Å². The van der Waals surface area contributed by atoms with Crippen molar-refractivity contribution in [2.24, 2.45) is 0 Å². The Balaban J connectivity index is 2.35. The van der Waals surface area contributed by atoms with Gasteiger partial charge < -0.3 is 0 Å². The van der Waals surface area contributed by atoms with Crippen molar-refractivity contribution in [2.75, 3.05) is 0 Å². The zero-order valence-corrected chi connectivity index (χ0v) is 15.5. The topological polar surface area (TPSA) is 63.2 Å². The molecule has 0 aliphatic carbocycles. The van der Waals surface area contributed by atoms with Crippen LogP contribution in [0.4, 0.5) is 0 Å². The number of benzene rings is 2. The number of carbonyl (C=O) groups excluding carboxylic acids is 1. The zero-order valence-electron chi connectivity index (χ0n) is 13.1. The number of hydrogen-bond donors (Lipinski definition) is 1. The molecule has 0 fully saturated rings. The molecule has 0 aliphatic heterocycles. The minimum absolute atomic E-state index is 0.0791. The Morgan fingerprint density at radius 1 is 1.09 bits per heavy atom. The van der Waals surface area contributed by atoms with Crippen LogP contribution in [0.3, 0.4) is 0 Å². The fourth-order valence-electron chi connectivity index (χ4n) is 2.20. The molecule has 0 saturated carbocycles. The molecule has 2 aromatic carbocycles. The van der Waals surface area contributed by atoms with Crippen LogP contribution in [0, 0.1) is 0 Å². The van der Waals surface area contributed by atoms with Crippen molar-refractivity contribution in [3.63, 3.8) is 0 Å². The van der Waals surface area contributed by atoms with Gasteiger partial charge in [-0.3, -0.25) is 4.79 Å². The Labute approximate surface area is 145 Å². The maximum atomic E-state index is 12.6. The van der Waals surface area contributed by atoms with Crippen LogP contribution >= 0.6 is 15.9 Å². The van der Waals surface area contributed by atoms with Crippen molar-refractivity contribution in [2.45, 2.75) is 31.2 Å². The lowest BCUT2D eigenvalue weighted by Crippen LogP contribution is -2.40. The first-order valence-electron chi connectivity index (χ1n) is 7.03. The fraction of sp³-hybridized carbons (Fsp3) is 0.235. The van der Waals surface area contributed by atoms with E-state index in [-0.39, 0.29) is 10.7 Å². The predicted molar refractivity (Wildman–Crippen MR) is 93.9 cm³/mol. The molecular weight excluding hydrogens is 378 g/mol. The molecule has 0 bridgehead atoms. The van der Waals surface area contributed by atoms with Crippen molar-refractivity contribution in [1.82, 2.24) is 4.72 Å². The molecular formula is C17H18BrNO3S. The molecule has 23 heavy (non-hydrogen) atoms. The Bertz CT molecular complexity index is 827. The largest absolute Gasteiger partial charge is 0.295 e. The second-order valence-electron chi connectivity index (χ2n) is 5.82. The van der Waals surface area contributed by atoms with Crippen LogP contribution < -0.4 is 4.72 Å². The minimum Gasteiger partial charge on any atom is -0.295 e. The van der Waals surface area contributed by atoms with Gasteiger partial charge in [0.2, 0.25) is 10.0 Å². The van der Waals surface area contributed by atoms with E-state index in [4.69, 9.17) is 0 Å². The van der Waals surface area contributed by atoms with Crippen LogP contribution in [-0.2, 0) is 15.6 Å². The molecule has 0 saturated heterocycles. The van der Waals surface area contributed by atoms with Crippen LogP contribution in [0.15, 0.2) is 57.9 Å². The Morgan fingerprint density at radius 3 is 2.26 bits per heavy atom. The number of ketones is 1. The molecule has 0 amide bonds. The lowest BCUT2D eigenvalue weighted by molar-refractivity contribution is 0.101. The highest BCUT2D eigenvalue weighted by molar-refractivity contribution is 9.10. The van der Waals surface area contributed by atoms with Crippen LogP contribution in [0.2, 0.25) is 0 Å². The summed E-state index contributed by atoms with van der Waals surface area (Å²) in [5.41, 5.74) is 0.424. The maximum absolute atomic E-state index is 12.6. The molecule has 0 unspecified atom stereocenters. The molecule has 2 rings (SSSR count). The van der Waals surface area contributed by atoms with E-state index >= 15 is 0 Å². The van der Waals surface area contributed by atoms with E-state index in [2.05, 4.69) is 20.7 Å². The van der Waals surface area contributed by atoms with Crippen molar-refractivity contribution < 1.29 is 13.2 Å². The third-order valence-electron chi connectivity index (χ3n) is 3.51. The van der Waals surface area contributed by atoms with Gasteiger partial charge in [0, 0.05) is 10.0 Å². The summed E-state index contributed by atoms with van der Waals surface area (Å²) in [6, 6.07) is 13.5. The van der Waals surface area contributed by atoms with Crippen LogP contribution in [0.25, 0.3) is 0 Å². The van der Waals surface area contributed by atoms with Crippen molar-refractivity contribution >= 4 is 31.7 Å². The van der Waals surface area contributed by atoms with E-state index in [0.717, 1.165) is 10.0 Å². The van der Waals surface area contributed by atoms with Gasteiger partial charge in [0.25, 0.3) is 0 Å². The number of carbonyl (C=O) groups is 1. The lowest BCUT2D eigenvalue weighted by atomic mass is 9.96. The Kier molecular flexibility index (Phi) is 5.08. The van der Waals surface area contributed by atoms with Gasteiger partial charge in [-0.05, 0) is 50.6 Å². The first-order valence-corrected chi connectivity index (χ1v) is 9.30. The van der Waals surface area contributed by atoms with E-state index in [1.54, 1.807) is 26.0 Å². The molecule has 0 aromatic heterocycles. The highest BCUT2D eigenvalue weighted by Gasteiger charge is 2.28. The van der Waals surface area contributed by atoms with E-state index in [9.17, 15) is 13.2 Å². The van der Waals surface area contributed by atoms with Gasteiger partial charge in [0.15, 0.2) is 5.78 Å². The number of nitrogens with one attached hydrogen (secondary N) is 1. The molecule has 0 spiro atoms. The zero-order chi connectivity index (χ0) is 17.3. The summed E-state index contributed by atoms with van der Waals surface area (Å²) < 4.78 is 28.9. The minimum atomic E-state index is -3.75. The molecule has 0 atom stereocenters.